The second-order valence-electron chi connectivity index (χ2n) is 3.56. The van der Waals surface area contributed by atoms with E-state index in [4.69, 9.17) is 5.73 Å². The van der Waals surface area contributed by atoms with Crippen molar-refractivity contribution in [3.8, 4) is 0 Å². The van der Waals surface area contributed by atoms with Gasteiger partial charge in [0, 0.05) is 11.3 Å². The van der Waals surface area contributed by atoms with E-state index < -0.39 is 0 Å². The zero-order chi connectivity index (χ0) is 10.1. The van der Waals surface area contributed by atoms with Crippen molar-refractivity contribution < 1.29 is 0 Å². The summed E-state index contributed by atoms with van der Waals surface area (Å²) in [5.41, 5.74) is 8.64. The molecule has 2 rings (SSSR count). The lowest BCUT2D eigenvalue weighted by Crippen LogP contribution is -1.94. The highest BCUT2D eigenvalue weighted by molar-refractivity contribution is 5.93. The molecule has 14 heavy (non-hydrogen) atoms. The van der Waals surface area contributed by atoms with Crippen molar-refractivity contribution >= 4 is 16.5 Å². The van der Waals surface area contributed by atoms with Crippen LogP contribution in [-0.4, -0.2) is 0 Å². The summed E-state index contributed by atoms with van der Waals surface area (Å²) < 4.78 is 0. The first-order chi connectivity index (χ1) is 6.68. The van der Waals surface area contributed by atoms with Crippen molar-refractivity contribution in [3.63, 3.8) is 0 Å². The molecule has 0 fully saturated rings. The number of fused-ring (bicyclic) bond motifs is 1. The Morgan fingerprint density at radius 1 is 1.21 bits per heavy atom. The van der Waals surface area contributed by atoms with Crippen LogP contribution in [0.5, 0.6) is 0 Å². The van der Waals surface area contributed by atoms with Gasteiger partial charge in [-0.2, -0.15) is 0 Å². The quantitative estimate of drug-likeness (QED) is 0.722. The predicted octanol–water partition coefficient (Wildman–Crippen LogP) is 3.08. The van der Waals surface area contributed by atoms with Crippen LogP contribution < -0.4 is 5.73 Å². The SMILES string of the molecule is C=C(N)c1cccc2ccc(C)cc12. The lowest BCUT2D eigenvalue weighted by atomic mass is 10.0. The molecule has 0 aliphatic carbocycles. The van der Waals surface area contributed by atoms with Crippen molar-refractivity contribution in [3.05, 3.63) is 54.1 Å². The Labute approximate surface area is 83.9 Å². The molecule has 2 aromatic carbocycles. The highest BCUT2D eigenvalue weighted by atomic mass is 14.6. The molecule has 0 atom stereocenters. The largest absolute Gasteiger partial charge is 0.399 e. The molecule has 0 heterocycles. The van der Waals surface area contributed by atoms with Gasteiger partial charge in [0.15, 0.2) is 0 Å². The fourth-order valence-corrected chi connectivity index (χ4v) is 1.67. The molecule has 0 amide bonds. The Bertz CT molecular complexity index is 498. The van der Waals surface area contributed by atoms with Gasteiger partial charge in [-0.1, -0.05) is 48.5 Å². The van der Waals surface area contributed by atoms with Gasteiger partial charge in [-0.15, -0.1) is 0 Å². The Balaban J connectivity index is 2.84. The van der Waals surface area contributed by atoms with Crippen LogP contribution in [0.25, 0.3) is 16.5 Å². The molecule has 0 spiro atoms. The van der Waals surface area contributed by atoms with E-state index in [1.54, 1.807) is 0 Å². The number of hydrogen-bond acceptors (Lipinski definition) is 1. The number of hydrogen-bond donors (Lipinski definition) is 1. The van der Waals surface area contributed by atoms with Crippen molar-refractivity contribution in [1.29, 1.82) is 0 Å². The zero-order valence-electron chi connectivity index (χ0n) is 8.25. The summed E-state index contributed by atoms with van der Waals surface area (Å²) >= 11 is 0. The molecular weight excluding hydrogens is 170 g/mol. The van der Waals surface area contributed by atoms with Crippen LogP contribution in [0.2, 0.25) is 0 Å². The fourth-order valence-electron chi connectivity index (χ4n) is 1.67. The molecule has 70 valence electrons. The summed E-state index contributed by atoms with van der Waals surface area (Å²) in [6.07, 6.45) is 0. The van der Waals surface area contributed by atoms with Gasteiger partial charge in [0.05, 0.1) is 0 Å². The molecule has 2 aromatic rings. The first kappa shape index (κ1) is 8.82. The third-order valence-electron chi connectivity index (χ3n) is 2.38. The van der Waals surface area contributed by atoms with E-state index in [9.17, 15) is 0 Å². The minimum Gasteiger partial charge on any atom is -0.399 e. The summed E-state index contributed by atoms with van der Waals surface area (Å²) in [6, 6.07) is 12.4. The predicted molar refractivity (Wildman–Crippen MR) is 61.9 cm³/mol. The van der Waals surface area contributed by atoms with E-state index in [2.05, 4.69) is 37.8 Å². The maximum atomic E-state index is 5.74. The average molecular weight is 183 g/mol. The van der Waals surface area contributed by atoms with Gasteiger partial charge < -0.3 is 5.73 Å². The maximum absolute atomic E-state index is 5.74. The van der Waals surface area contributed by atoms with Gasteiger partial charge in [0.25, 0.3) is 0 Å². The van der Waals surface area contributed by atoms with Gasteiger partial charge in [-0.05, 0) is 17.7 Å². The first-order valence-electron chi connectivity index (χ1n) is 4.62. The third-order valence-corrected chi connectivity index (χ3v) is 2.38. The molecule has 0 aliphatic rings. The van der Waals surface area contributed by atoms with E-state index in [-0.39, 0.29) is 0 Å². The molecular formula is C13H13N. The lowest BCUT2D eigenvalue weighted by molar-refractivity contribution is 1.49. The standard InChI is InChI=1S/C13H13N/c1-9-6-7-11-4-3-5-12(10(2)14)13(11)8-9/h3-8H,2,14H2,1H3. The number of benzene rings is 2. The van der Waals surface area contributed by atoms with Crippen molar-refractivity contribution in [1.82, 2.24) is 0 Å². The molecule has 0 saturated carbocycles. The van der Waals surface area contributed by atoms with E-state index in [1.165, 1.54) is 16.3 Å². The molecule has 2 N–H and O–H groups in total. The molecule has 0 aliphatic heterocycles. The molecule has 0 saturated heterocycles. The van der Waals surface area contributed by atoms with Crippen molar-refractivity contribution in [2.24, 2.45) is 5.73 Å². The van der Waals surface area contributed by atoms with Gasteiger partial charge in [-0.25, -0.2) is 0 Å². The first-order valence-corrected chi connectivity index (χ1v) is 4.62. The minimum atomic E-state index is 0.626. The second-order valence-corrected chi connectivity index (χ2v) is 3.56. The van der Waals surface area contributed by atoms with Crippen LogP contribution in [0.1, 0.15) is 11.1 Å². The highest BCUT2D eigenvalue weighted by Gasteiger charge is 2.01. The minimum absolute atomic E-state index is 0.626. The van der Waals surface area contributed by atoms with Crippen LogP contribution in [-0.2, 0) is 0 Å². The normalized spacial score (nSPS) is 10.4. The number of rotatable bonds is 1. The van der Waals surface area contributed by atoms with Crippen molar-refractivity contribution in [2.75, 3.05) is 0 Å². The Morgan fingerprint density at radius 2 is 2.00 bits per heavy atom. The highest BCUT2D eigenvalue weighted by Crippen LogP contribution is 2.22. The van der Waals surface area contributed by atoms with Gasteiger partial charge in [0.2, 0.25) is 0 Å². The Hall–Kier alpha value is -1.76. The summed E-state index contributed by atoms with van der Waals surface area (Å²) in [5.74, 6) is 0. The van der Waals surface area contributed by atoms with Gasteiger partial charge in [-0.3, -0.25) is 0 Å². The van der Waals surface area contributed by atoms with Gasteiger partial charge in [0.1, 0.15) is 0 Å². The number of nitrogens with two attached hydrogens (primary N) is 1. The Morgan fingerprint density at radius 3 is 2.71 bits per heavy atom. The molecule has 0 unspecified atom stereocenters. The summed E-state index contributed by atoms with van der Waals surface area (Å²) in [4.78, 5) is 0. The summed E-state index contributed by atoms with van der Waals surface area (Å²) in [5, 5.41) is 2.39. The topological polar surface area (TPSA) is 26.0 Å². The smallest absolute Gasteiger partial charge is 0.0320 e. The van der Waals surface area contributed by atoms with E-state index in [0.29, 0.717) is 5.70 Å². The van der Waals surface area contributed by atoms with Crippen molar-refractivity contribution in [2.45, 2.75) is 6.92 Å². The van der Waals surface area contributed by atoms with E-state index in [1.807, 2.05) is 12.1 Å². The third kappa shape index (κ3) is 1.37. The van der Waals surface area contributed by atoms with Crippen LogP contribution in [0.4, 0.5) is 0 Å². The maximum Gasteiger partial charge on any atom is 0.0320 e. The molecule has 0 radical (unpaired) electrons. The van der Waals surface area contributed by atoms with E-state index in [0.717, 1.165) is 5.56 Å². The fraction of sp³-hybridized carbons (Fsp3) is 0.0769. The number of aryl methyl sites for hydroxylation is 1. The van der Waals surface area contributed by atoms with Crippen LogP contribution in [0, 0.1) is 6.92 Å². The molecule has 1 heteroatoms. The lowest BCUT2D eigenvalue weighted by Gasteiger charge is -2.06. The molecule has 1 nitrogen and oxygen atoms in total. The average Bonchev–Trinajstić information content (AvgIpc) is 2.16. The van der Waals surface area contributed by atoms with E-state index >= 15 is 0 Å². The molecule has 0 aromatic heterocycles. The Kier molecular flexibility index (Phi) is 2.01. The van der Waals surface area contributed by atoms with Gasteiger partial charge >= 0.3 is 0 Å². The summed E-state index contributed by atoms with van der Waals surface area (Å²) in [6.45, 7) is 5.86. The van der Waals surface area contributed by atoms with Crippen LogP contribution in [0.3, 0.4) is 0 Å². The second kappa shape index (κ2) is 3.18. The zero-order valence-corrected chi connectivity index (χ0v) is 8.25. The molecule has 0 bridgehead atoms. The van der Waals surface area contributed by atoms with Crippen LogP contribution in [0.15, 0.2) is 43.0 Å². The van der Waals surface area contributed by atoms with Crippen LogP contribution >= 0.6 is 0 Å². The summed E-state index contributed by atoms with van der Waals surface area (Å²) in [7, 11) is 0. The monoisotopic (exact) mass is 183 g/mol.